The molecule has 1 saturated heterocycles. The number of nitrogens with zero attached hydrogens (tertiary/aromatic N) is 2. The second-order valence-electron chi connectivity index (χ2n) is 6.45. The van der Waals surface area contributed by atoms with Crippen LogP contribution in [-0.4, -0.2) is 46.4 Å². The molecule has 1 aliphatic heterocycles. The number of benzene rings is 1. The summed E-state index contributed by atoms with van der Waals surface area (Å²) in [6.45, 7) is 2.81. The maximum Gasteiger partial charge on any atom is 0.254 e. The molecular weight excluding hydrogens is 332 g/mol. The first-order valence-corrected chi connectivity index (χ1v) is 8.73. The molecule has 6 nitrogen and oxygen atoms in total. The van der Waals surface area contributed by atoms with Gasteiger partial charge in [0, 0.05) is 24.0 Å². The Morgan fingerprint density at radius 3 is 3.00 bits per heavy atom. The van der Waals surface area contributed by atoms with Crippen LogP contribution in [0.2, 0.25) is 0 Å². The summed E-state index contributed by atoms with van der Waals surface area (Å²) in [5.74, 6) is 0.189. The number of phenols is 1. The highest BCUT2D eigenvalue weighted by Gasteiger charge is 2.28. The van der Waals surface area contributed by atoms with E-state index in [9.17, 15) is 14.7 Å². The van der Waals surface area contributed by atoms with Crippen molar-refractivity contribution in [3.63, 3.8) is 0 Å². The van der Waals surface area contributed by atoms with Crippen LogP contribution in [0, 0.1) is 6.92 Å². The molecule has 1 aliphatic rings. The van der Waals surface area contributed by atoms with Crippen molar-refractivity contribution in [3.05, 3.63) is 53.3 Å². The maximum absolute atomic E-state index is 12.9. The number of carbonyl (C=O) groups excluding carboxylic acids is 2. The lowest BCUT2D eigenvalue weighted by Crippen LogP contribution is -2.46. The molecule has 0 bridgehead atoms. The predicted octanol–water partition coefficient (Wildman–Crippen LogP) is 2.98. The Morgan fingerprint density at radius 2 is 2.23 bits per heavy atom. The quantitative estimate of drug-likeness (QED) is 0.835. The molecule has 1 aromatic heterocycles. The Bertz CT molecular complexity index is 806. The minimum Gasteiger partial charge on any atom is -0.507 e. The van der Waals surface area contributed by atoms with Gasteiger partial charge in [0.2, 0.25) is 0 Å². The van der Waals surface area contributed by atoms with Gasteiger partial charge >= 0.3 is 0 Å². The fourth-order valence-electron chi connectivity index (χ4n) is 3.25. The lowest BCUT2D eigenvalue weighted by molar-refractivity contribution is 0.0526. The van der Waals surface area contributed by atoms with E-state index in [0.29, 0.717) is 24.1 Å². The minimum atomic E-state index is -0.110. The number of amides is 1. The molecule has 0 unspecified atom stereocenters. The van der Waals surface area contributed by atoms with Crippen molar-refractivity contribution in [2.45, 2.75) is 32.2 Å². The molecular formula is C20H22N2O4. The van der Waals surface area contributed by atoms with Gasteiger partial charge in [0.15, 0.2) is 6.29 Å². The van der Waals surface area contributed by atoms with Gasteiger partial charge < -0.3 is 14.7 Å². The van der Waals surface area contributed by atoms with E-state index in [1.54, 1.807) is 30.5 Å². The van der Waals surface area contributed by atoms with E-state index in [4.69, 9.17) is 4.74 Å². The van der Waals surface area contributed by atoms with Crippen LogP contribution in [0.5, 0.6) is 11.5 Å². The largest absolute Gasteiger partial charge is 0.507 e. The average Bonchev–Trinajstić information content (AvgIpc) is 2.66. The average molecular weight is 354 g/mol. The van der Waals surface area contributed by atoms with Gasteiger partial charge in [0.1, 0.15) is 18.1 Å². The molecule has 3 rings (SSSR count). The van der Waals surface area contributed by atoms with Gasteiger partial charge in [-0.1, -0.05) is 6.07 Å². The lowest BCUT2D eigenvalue weighted by atomic mass is 10.0. The van der Waals surface area contributed by atoms with Crippen LogP contribution in [0.3, 0.4) is 0 Å². The molecule has 1 atom stereocenters. The van der Waals surface area contributed by atoms with Crippen LogP contribution in [0.1, 0.15) is 45.7 Å². The van der Waals surface area contributed by atoms with E-state index in [2.05, 4.69) is 4.98 Å². The third-order valence-corrected chi connectivity index (χ3v) is 4.62. The highest BCUT2D eigenvalue weighted by molar-refractivity contribution is 5.94. The van der Waals surface area contributed by atoms with Crippen LogP contribution in [-0.2, 0) is 0 Å². The van der Waals surface area contributed by atoms with Gasteiger partial charge in [-0.25, -0.2) is 0 Å². The molecule has 0 spiro atoms. The Kier molecular flexibility index (Phi) is 5.51. The van der Waals surface area contributed by atoms with E-state index < -0.39 is 0 Å². The van der Waals surface area contributed by atoms with Crippen molar-refractivity contribution in [1.82, 2.24) is 9.88 Å². The standard InChI is InChI=1S/C20H22N2O4/c1-14-11-15(8-9-21-14)20(25)22-10-3-2-5-16(22)13-26-19-7-4-6-18(24)17(19)12-23/h4,6-9,11-12,16,24H,2-3,5,10,13H2,1H3/t16-/m0/s1. The molecule has 0 radical (unpaired) electrons. The lowest BCUT2D eigenvalue weighted by Gasteiger charge is -2.35. The van der Waals surface area contributed by atoms with Gasteiger partial charge in [-0.15, -0.1) is 0 Å². The molecule has 1 amide bonds. The highest BCUT2D eigenvalue weighted by atomic mass is 16.5. The molecule has 1 N–H and O–H groups in total. The van der Waals surface area contributed by atoms with E-state index in [1.807, 2.05) is 11.8 Å². The smallest absolute Gasteiger partial charge is 0.254 e. The normalized spacial score (nSPS) is 17.0. The van der Waals surface area contributed by atoms with E-state index in [1.165, 1.54) is 6.07 Å². The number of hydrogen-bond acceptors (Lipinski definition) is 5. The molecule has 26 heavy (non-hydrogen) atoms. The van der Waals surface area contributed by atoms with Gasteiger partial charge in [-0.2, -0.15) is 0 Å². The number of rotatable bonds is 5. The molecule has 6 heteroatoms. The van der Waals surface area contributed by atoms with Gasteiger partial charge in [-0.3, -0.25) is 14.6 Å². The van der Waals surface area contributed by atoms with Crippen molar-refractivity contribution in [3.8, 4) is 11.5 Å². The monoisotopic (exact) mass is 354 g/mol. The third kappa shape index (κ3) is 3.85. The Balaban J connectivity index is 1.74. The number of hydrogen-bond donors (Lipinski definition) is 1. The summed E-state index contributed by atoms with van der Waals surface area (Å²) >= 11 is 0. The zero-order chi connectivity index (χ0) is 18.5. The molecule has 2 aromatic rings. The second kappa shape index (κ2) is 7.99. The highest BCUT2D eigenvalue weighted by Crippen LogP contribution is 2.27. The zero-order valence-corrected chi connectivity index (χ0v) is 14.7. The van der Waals surface area contributed by atoms with Crippen molar-refractivity contribution in [2.24, 2.45) is 0 Å². The number of aldehydes is 1. The van der Waals surface area contributed by atoms with Gasteiger partial charge in [-0.05, 0) is 50.5 Å². The van der Waals surface area contributed by atoms with Crippen LogP contribution in [0.15, 0.2) is 36.5 Å². The Labute approximate surface area is 152 Å². The summed E-state index contributed by atoms with van der Waals surface area (Å²) in [7, 11) is 0. The number of pyridine rings is 1. The number of phenolic OH excluding ortho intramolecular Hbond substituents is 1. The van der Waals surface area contributed by atoms with Gasteiger partial charge in [0.25, 0.3) is 5.91 Å². The van der Waals surface area contributed by atoms with Crippen LogP contribution in [0.4, 0.5) is 0 Å². The summed E-state index contributed by atoms with van der Waals surface area (Å²) in [6, 6.07) is 8.15. The van der Waals surface area contributed by atoms with E-state index in [-0.39, 0.29) is 29.9 Å². The molecule has 0 aliphatic carbocycles. The third-order valence-electron chi connectivity index (χ3n) is 4.62. The topological polar surface area (TPSA) is 79.7 Å². The number of likely N-dealkylation sites (tertiary alicyclic amines) is 1. The Morgan fingerprint density at radius 1 is 1.38 bits per heavy atom. The maximum atomic E-state index is 12.9. The number of piperidine rings is 1. The Hall–Kier alpha value is -2.89. The van der Waals surface area contributed by atoms with Crippen molar-refractivity contribution in [2.75, 3.05) is 13.2 Å². The fraction of sp³-hybridized carbons (Fsp3) is 0.350. The first kappa shape index (κ1) is 17.9. The SMILES string of the molecule is Cc1cc(C(=O)N2CCCC[C@H]2COc2cccc(O)c2C=O)ccn1. The van der Waals surface area contributed by atoms with Crippen molar-refractivity contribution < 1.29 is 19.4 Å². The molecule has 0 saturated carbocycles. The van der Waals surface area contributed by atoms with E-state index in [0.717, 1.165) is 25.0 Å². The first-order valence-electron chi connectivity index (χ1n) is 8.73. The summed E-state index contributed by atoms with van der Waals surface area (Å²) in [5, 5.41) is 9.76. The summed E-state index contributed by atoms with van der Waals surface area (Å²) in [4.78, 5) is 30.0. The summed E-state index contributed by atoms with van der Waals surface area (Å²) in [5.41, 5.74) is 1.55. The first-order chi connectivity index (χ1) is 12.6. The van der Waals surface area contributed by atoms with Crippen molar-refractivity contribution >= 4 is 12.2 Å². The number of aryl methyl sites for hydroxylation is 1. The zero-order valence-electron chi connectivity index (χ0n) is 14.7. The summed E-state index contributed by atoms with van der Waals surface area (Å²) in [6.07, 6.45) is 5.03. The van der Waals surface area contributed by atoms with Crippen LogP contribution >= 0.6 is 0 Å². The van der Waals surface area contributed by atoms with Crippen LogP contribution < -0.4 is 4.74 Å². The molecule has 136 valence electrons. The fourth-order valence-corrected chi connectivity index (χ4v) is 3.25. The van der Waals surface area contributed by atoms with Gasteiger partial charge in [0.05, 0.1) is 11.6 Å². The number of ether oxygens (including phenoxy) is 1. The minimum absolute atomic E-state index is 0.0321. The molecule has 1 aromatic carbocycles. The molecule has 1 fully saturated rings. The second-order valence-corrected chi connectivity index (χ2v) is 6.45. The number of aromatic hydroxyl groups is 1. The molecule has 2 heterocycles. The summed E-state index contributed by atoms with van der Waals surface area (Å²) < 4.78 is 5.79. The predicted molar refractivity (Wildman–Crippen MR) is 96.6 cm³/mol. The van der Waals surface area contributed by atoms with Crippen molar-refractivity contribution in [1.29, 1.82) is 0 Å². The van der Waals surface area contributed by atoms with E-state index >= 15 is 0 Å². The number of aromatic nitrogens is 1. The number of carbonyl (C=O) groups is 2. The van der Waals surface area contributed by atoms with Crippen LogP contribution in [0.25, 0.3) is 0 Å².